The topological polar surface area (TPSA) is 49.4 Å². The van der Waals surface area contributed by atoms with Crippen LogP contribution in [0, 0.1) is 0 Å². The lowest BCUT2D eigenvalue weighted by Crippen LogP contribution is -2.52. The third kappa shape index (κ3) is 7.92. The predicted octanol–water partition coefficient (Wildman–Crippen LogP) is 5.42. The lowest BCUT2D eigenvalue weighted by Gasteiger charge is -2.31. The smallest absolute Gasteiger partial charge is 0.242 e. The van der Waals surface area contributed by atoms with Crippen molar-refractivity contribution in [3.8, 4) is 0 Å². The second-order valence-corrected chi connectivity index (χ2v) is 9.73. The lowest BCUT2D eigenvalue weighted by molar-refractivity contribution is -0.139. The summed E-state index contributed by atoms with van der Waals surface area (Å²) in [4.78, 5) is 28.3. The minimum atomic E-state index is -0.608. The van der Waals surface area contributed by atoms with Gasteiger partial charge in [0, 0.05) is 27.0 Å². The number of nitrogens with one attached hydrogen (secondary N) is 1. The number of halogens is 2. The van der Waals surface area contributed by atoms with Crippen molar-refractivity contribution >= 4 is 46.8 Å². The Morgan fingerprint density at radius 3 is 2.03 bits per heavy atom. The number of hydrogen-bond acceptors (Lipinski definition) is 3. The predicted molar refractivity (Wildman–Crippen MR) is 122 cm³/mol. The molecular weight excluding hydrogens is 427 g/mol. The number of amides is 2. The highest BCUT2D eigenvalue weighted by atomic mass is 35.5. The van der Waals surface area contributed by atoms with E-state index in [-0.39, 0.29) is 23.1 Å². The standard InChI is InChI=1S/C22H26Cl2N2O2S/c1-15(21(28)25-22(2,3)4)26(13-16-5-7-17(23)8-6-16)20(27)14-29-19-11-9-18(24)10-12-19/h5-12,15H,13-14H2,1-4H3,(H,25,28). The zero-order chi connectivity index (χ0) is 21.6. The Hall–Kier alpha value is -1.69. The molecule has 1 N–H and O–H groups in total. The molecular formula is C22H26Cl2N2O2S. The van der Waals surface area contributed by atoms with Crippen LogP contribution in [0.5, 0.6) is 0 Å². The molecule has 0 fully saturated rings. The average molecular weight is 453 g/mol. The molecule has 0 heterocycles. The second-order valence-electron chi connectivity index (χ2n) is 7.81. The van der Waals surface area contributed by atoms with Crippen LogP contribution in [0.1, 0.15) is 33.3 Å². The van der Waals surface area contributed by atoms with Crippen molar-refractivity contribution in [2.24, 2.45) is 0 Å². The Bertz CT molecular complexity index is 833. The van der Waals surface area contributed by atoms with Crippen molar-refractivity contribution in [3.05, 3.63) is 64.1 Å². The van der Waals surface area contributed by atoms with Crippen molar-refractivity contribution < 1.29 is 9.59 Å². The molecule has 0 aliphatic rings. The minimum Gasteiger partial charge on any atom is -0.350 e. The van der Waals surface area contributed by atoms with Crippen LogP contribution in [0.15, 0.2) is 53.4 Å². The molecule has 0 radical (unpaired) electrons. The summed E-state index contributed by atoms with van der Waals surface area (Å²) < 4.78 is 0. The highest BCUT2D eigenvalue weighted by Gasteiger charge is 2.28. The lowest BCUT2D eigenvalue weighted by atomic mass is 10.1. The van der Waals surface area contributed by atoms with Crippen LogP contribution in [0.2, 0.25) is 10.0 Å². The number of rotatable bonds is 7. The van der Waals surface area contributed by atoms with E-state index in [9.17, 15) is 9.59 Å². The van der Waals surface area contributed by atoms with Crippen LogP contribution in [0.25, 0.3) is 0 Å². The fraction of sp³-hybridized carbons (Fsp3) is 0.364. The zero-order valence-corrected chi connectivity index (χ0v) is 19.4. The van der Waals surface area contributed by atoms with Gasteiger partial charge < -0.3 is 10.2 Å². The van der Waals surface area contributed by atoms with Crippen molar-refractivity contribution in [3.63, 3.8) is 0 Å². The van der Waals surface area contributed by atoms with Crippen LogP contribution in [0.3, 0.4) is 0 Å². The van der Waals surface area contributed by atoms with E-state index in [1.165, 1.54) is 11.8 Å². The molecule has 1 unspecified atom stereocenters. The van der Waals surface area contributed by atoms with Crippen molar-refractivity contribution in [1.29, 1.82) is 0 Å². The van der Waals surface area contributed by atoms with Crippen molar-refractivity contribution in [1.82, 2.24) is 10.2 Å². The van der Waals surface area contributed by atoms with Gasteiger partial charge in [0.2, 0.25) is 11.8 Å². The van der Waals surface area contributed by atoms with Crippen LogP contribution in [0.4, 0.5) is 0 Å². The maximum Gasteiger partial charge on any atom is 0.242 e. The SMILES string of the molecule is CC(C(=O)NC(C)(C)C)N(Cc1ccc(Cl)cc1)C(=O)CSc1ccc(Cl)cc1. The Morgan fingerprint density at radius 2 is 1.52 bits per heavy atom. The van der Waals surface area contributed by atoms with Gasteiger partial charge in [0.25, 0.3) is 0 Å². The molecule has 0 saturated heterocycles. The average Bonchev–Trinajstić information content (AvgIpc) is 2.65. The van der Waals surface area contributed by atoms with Gasteiger partial charge in [-0.05, 0) is 69.7 Å². The summed E-state index contributed by atoms with van der Waals surface area (Å²) >= 11 is 13.3. The highest BCUT2D eigenvalue weighted by molar-refractivity contribution is 8.00. The van der Waals surface area contributed by atoms with Crippen molar-refractivity contribution in [2.75, 3.05) is 5.75 Å². The van der Waals surface area contributed by atoms with Crippen LogP contribution in [-0.2, 0) is 16.1 Å². The molecule has 2 rings (SSSR count). The van der Waals surface area contributed by atoms with Crippen LogP contribution >= 0.6 is 35.0 Å². The normalized spacial score (nSPS) is 12.3. The molecule has 0 aliphatic carbocycles. The van der Waals surface area contributed by atoms with E-state index >= 15 is 0 Å². The second kappa shape index (κ2) is 10.4. The fourth-order valence-electron chi connectivity index (χ4n) is 2.60. The summed E-state index contributed by atoms with van der Waals surface area (Å²) in [5.74, 6) is -0.0738. The Morgan fingerprint density at radius 1 is 1.00 bits per heavy atom. The molecule has 156 valence electrons. The van der Waals surface area contributed by atoms with Gasteiger partial charge in [-0.3, -0.25) is 9.59 Å². The fourth-order valence-corrected chi connectivity index (χ4v) is 3.64. The first-order valence-electron chi connectivity index (χ1n) is 9.29. The molecule has 0 aliphatic heterocycles. The molecule has 0 saturated carbocycles. The quantitative estimate of drug-likeness (QED) is 0.570. The van der Waals surface area contributed by atoms with Gasteiger partial charge in [-0.2, -0.15) is 0 Å². The molecule has 0 aromatic heterocycles. The first-order valence-corrected chi connectivity index (χ1v) is 11.0. The van der Waals surface area contributed by atoms with Gasteiger partial charge in [0.1, 0.15) is 6.04 Å². The monoisotopic (exact) mass is 452 g/mol. The maximum atomic E-state index is 13.0. The molecule has 4 nitrogen and oxygen atoms in total. The molecule has 29 heavy (non-hydrogen) atoms. The number of carbonyl (C=O) groups is 2. The van der Waals surface area contributed by atoms with E-state index in [0.29, 0.717) is 16.6 Å². The molecule has 2 amide bonds. The van der Waals surface area contributed by atoms with E-state index in [2.05, 4.69) is 5.32 Å². The van der Waals surface area contributed by atoms with Gasteiger partial charge in [0.05, 0.1) is 5.75 Å². The summed E-state index contributed by atoms with van der Waals surface area (Å²) in [5.41, 5.74) is 0.535. The van der Waals surface area contributed by atoms with Gasteiger partial charge in [-0.15, -0.1) is 11.8 Å². The Kier molecular flexibility index (Phi) is 8.44. The van der Waals surface area contributed by atoms with Gasteiger partial charge >= 0.3 is 0 Å². The van der Waals surface area contributed by atoms with Gasteiger partial charge in [-0.25, -0.2) is 0 Å². The first kappa shape index (κ1) is 23.6. The van der Waals surface area contributed by atoms with Crippen LogP contribution < -0.4 is 5.32 Å². The first-order chi connectivity index (χ1) is 13.5. The third-order valence-corrected chi connectivity index (χ3v) is 5.61. The summed E-state index contributed by atoms with van der Waals surface area (Å²) in [7, 11) is 0. The highest BCUT2D eigenvalue weighted by Crippen LogP contribution is 2.22. The van der Waals surface area contributed by atoms with E-state index in [4.69, 9.17) is 23.2 Å². The number of carbonyl (C=O) groups excluding carboxylic acids is 2. The van der Waals surface area contributed by atoms with Crippen LogP contribution in [-0.4, -0.2) is 34.0 Å². The van der Waals surface area contributed by atoms with Gasteiger partial charge in [-0.1, -0.05) is 35.3 Å². The van der Waals surface area contributed by atoms with E-state index in [1.807, 2.05) is 45.0 Å². The third-order valence-electron chi connectivity index (χ3n) is 4.11. The summed E-state index contributed by atoms with van der Waals surface area (Å²) in [6.07, 6.45) is 0. The van der Waals surface area contributed by atoms with E-state index in [1.54, 1.807) is 36.1 Å². The number of thioether (sulfide) groups is 1. The van der Waals surface area contributed by atoms with Gasteiger partial charge in [0.15, 0.2) is 0 Å². The summed E-state index contributed by atoms with van der Waals surface area (Å²) in [6.45, 7) is 7.83. The molecule has 2 aromatic rings. The zero-order valence-electron chi connectivity index (χ0n) is 17.0. The molecule has 2 aromatic carbocycles. The molecule has 0 bridgehead atoms. The largest absolute Gasteiger partial charge is 0.350 e. The Labute approximate surface area is 187 Å². The van der Waals surface area contributed by atoms with E-state index < -0.39 is 6.04 Å². The molecule has 0 spiro atoms. The number of hydrogen-bond donors (Lipinski definition) is 1. The summed E-state index contributed by atoms with van der Waals surface area (Å²) in [5, 5.41) is 4.23. The van der Waals surface area contributed by atoms with E-state index in [0.717, 1.165) is 10.5 Å². The number of nitrogens with zero attached hydrogens (tertiary/aromatic N) is 1. The molecule has 1 atom stereocenters. The maximum absolute atomic E-state index is 13.0. The Balaban J connectivity index is 2.15. The van der Waals surface area contributed by atoms with Crippen molar-refractivity contribution in [2.45, 2.75) is 50.7 Å². The minimum absolute atomic E-state index is 0.114. The molecule has 7 heteroatoms. The summed E-state index contributed by atoms with van der Waals surface area (Å²) in [6, 6.07) is 14.0. The number of benzene rings is 2.